The van der Waals surface area contributed by atoms with E-state index in [-0.39, 0.29) is 5.91 Å². The highest BCUT2D eigenvalue weighted by atomic mass is 32.2. The lowest BCUT2D eigenvalue weighted by atomic mass is 10.1. The molecule has 6 heteroatoms. The van der Waals surface area contributed by atoms with Crippen molar-refractivity contribution in [1.29, 1.82) is 0 Å². The molecular weight excluding hydrogens is 312 g/mol. The number of hydrogen-bond donors (Lipinski definition) is 0. The number of sulfone groups is 1. The summed E-state index contributed by atoms with van der Waals surface area (Å²) >= 11 is 0. The third kappa shape index (κ3) is 3.75. The van der Waals surface area contributed by atoms with Gasteiger partial charge in [0.15, 0.2) is 0 Å². The van der Waals surface area contributed by atoms with Crippen molar-refractivity contribution in [2.45, 2.75) is 25.8 Å². The van der Waals surface area contributed by atoms with Crippen LogP contribution in [0.3, 0.4) is 0 Å². The molecule has 0 aliphatic carbocycles. The van der Waals surface area contributed by atoms with E-state index < -0.39 is 9.84 Å². The van der Waals surface area contributed by atoms with Crippen molar-refractivity contribution in [2.75, 3.05) is 37.7 Å². The van der Waals surface area contributed by atoms with Crippen LogP contribution in [0.1, 0.15) is 28.8 Å². The Balaban J connectivity index is 1.57. The molecule has 0 aromatic heterocycles. The smallest absolute Gasteiger partial charge is 0.254 e. The number of amides is 1. The van der Waals surface area contributed by atoms with Gasteiger partial charge in [0.25, 0.3) is 5.91 Å². The van der Waals surface area contributed by atoms with E-state index in [1.165, 1.54) is 0 Å². The van der Waals surface area contributed by atoms with Crippen LogP contribution in [-0.4, -0.2) is 67.9 Å². The number of carbonyl (C=O) groups is 1. The zero-order valence-electron chi connectivity index (χ0n) is 13.6. The summed E-state index contributed by atoms with van der Waals surface area (Å²) in [7, 11) is -2.81. The third-order valence-electron chi connectivity index (χ3n) is 5.02. The Hall–Kier alpha value is -1.40. The Morgan fingerprint density at radius 3 is 2.26 bits per heavy atom. The molecule has 2 fully saturated rings. The Labute approximate surface area is 138 Å². The van der Waals surface area contributed by atoms with Crippen molar-refractivity contribution < 1.29 is 13.2 Å². The molecule has 3 rings (SSSR count). The first-order valence-electron chi connectivity index (χ1n) is 8.26. The van der Waals surface area contributed by atoms with Crippen molar-refractivity contribution in [3.05, 3.63) is 35.4 Å². The van der Waals surface area contributed by atoms with Gasteiger partial charge in [-0.25, -0.2) is 8.42 Å². The number of benzene rings is 1. The van der Waals surface area contributed by atoms with Gasteiger partial charge in [0.1, 0.15) is 9.84 Å². The summed E-state index contributed by atoms with van der Waals surface area (Å²) in [6.07, 6.45) is 1.46. The monoisotopic (exact) mass is 336 g/mol. The van der Waals surface area contributed by atoms with Gasteiger partial charge >= 0.3 is 0 Å². The van der Waals surface area contributed by atoms with Crippen LogP contribution in [-0.2, 0) is 9.84 Å². The molecule has 0 radical (unpaired) electrons. The van der Waals surface area contributed by atoms with Crippen molar-refractivity contribution in [2.24, 2.45) is 0 Å². The molecule has 0 N–H and O–H groups in total. The van der Waals surface area contributed by atoms with Crippen LogP contribution in [0, 0.1) is 6.92 Å². The fourth-order valence-corrected chi connectivity index (χ4v) is 4.98. The zero-order valence-corrected chi connectivity index (χ0v) is 14.4. The molecule has 1 amide bonds. The lowest BCUT2D eigenvalue weighted by Gasteiger charge is -2.40. The van der Waals surface area contributed by atoms with Crippen molar-refractivity contribution in [3.63, 3.8) is 0 Å². The molecule has 0 spiro atoms. The highest BCUT2D eigenvalue weighted by molar-refractivity contribution is 7.91. The topological polar surface area (TPSA) is 57.7 Å². The minimum atomic E-state index is -2.81. The molecule has 0 atom stereocenters. The van der Waals surface area contributed by atoms with Gasteiger partial charge in [-0.05, 0) is 31.4 Å². The summed E-state index contributed by atoms with van der Waals surface area (Å²) in [5.74, 6) is 0.717. The second-order valence-corrected chi connectivity index (χ2v) is 8.83. The van der Waals surface area contributed by atoms with Gasteiger partial charge in [-0.1, -0.05) is 18.2 Å². The van der Waals surface area contributed by atoms with Gasteiger partial charge in [0.05, 0.1) is 11.5 Å². The van der Waals surface area contributed by atoms with Gasteiger partial charge in [-0.15, -0.1) is 0 Å². The van der Waals surface area contributed by atoms with E-state index in [0.717, 1.165) is 50.1 Å². The lowest BCUT2D eigenvalue weighted by molar-refractivity contribution is 0.0557. The lowest BCUT2D eigenvalue weighted by Crippen LogP contribution is -2.53. The van der Waals surface area contributed by atoms with E-state index in [0.29, 0.717) is 17.5 Å². The van der Waals surface area contributed by atoms with Crippen LogP contribution in [0.5, 0.6) is 0 Å². The predicted molar refractivity (Wildman–Crippen MR) is 90.3 cm³/mol. The van der Waals surface area contributed by atoms with Gasteiger partial charge in [0.2, 0.25) is 0 Å². The van der Waals surface area contributed by atoms with E-state index >= 15 is 0 Å². The van der Waals surface area contributed by atoms with E-state index in [1.54, 1.807) is 0 Å². The molecule has 126 valence electrons. The second kappa shape index (κ2) is 6.61. The summed E-state index contributed by atoms with van der Waals surface area (Å²) in [5, 5.41) is 0. The molecule has 5 nitrogen and oxygen atoms in total. The minimum Gasteiger partial charge on any atom is -0.336 e. The first kappa shape index (κ1) is 16.5. The largest absolute Gasteiger partial charge is 0.336 e. The fourth-order valence-electron chi connectivity index (χ4n) is 3.52. The van der Waals surface area contributed by atoms with E-state index in [1.807, 2.05) is 36.1 Å². The normalized spacial score (nSPS) is 22.9. The van der Waals surface area contributed by atoms with Gasteiger partial charge in [-0.3, -0.25) is 9.69 Å². The van der Waals surface area contributed by atoms with Crippen LogP contribution in [0.4, 0.5) is 0 Å². The summed E-state index contributed by atoms with van der Waals surface area (Å²) in [6, 6.07) is 8.05. The molecule has 1 aromatic rings. The standard InChI is InChI=1S/C17H24N2O3S/c1-14-4-2-3-5-16(14)17(20)19-10-8-18(9-11-19)15-6-12-23(21,22)13-7-15/h2-5,15H,6-13H2,1H3. The average Bonchev–Trinajstić information content (AvgIpc) is 2.55. The maximum atomic E-state index is 12.6. The minimum absolute atomic E-state index is 0.106. The quantitative estimate of drug-likeness (QED) is 0.818. The van der Waals surface area contributed by atoms with Gasteiger partial charge < -0.3 is 4.90 Å². The summed E-state index contributed by atoms with van der Waals surface area (Å²) < 4.78 is 23.1. The Morgan fingerprint density at radius 2 is 1.65 bits per heavy atom. The molecule has 2 heterocycles. The summed E-state index contributed by atoms with van der Waals surface area (Å²) in [5.41, 5.74) is 1.79. The average molecular weight is 336 g/mol. The Kier molecular flexibility index (Phi) is 4.73. The number of carbonyl (C=O) groups excluding carboxylic acids is 1. The number of nitrogens with zero attached hydrogens (tertiary/aromatic N) is 2. The van der Waals surface area contributed by atoms with Crippen molar-refractivity contribution >= 4 is 15.7 Å². The second-order valence-electron chi connectivity index (χ2n) is 6.53. The molecular formula is C17H24N2O3S. The molecule has 2 saturated heterocycles. The molecule has 1 aromatic carbocycles. The van der Waals surface area contributed by atoms with Crippen LogP contribution < -0.4 is 0 Å². The van der Waals surface area contributed by atoms with Crippen molar-refractivity contribution in [1.82, 2.24) is 9.80 Å². The van der Waals surface area contributed by atoms with E-state index in [9.17, 15) is 13.2 Å². The Morgan fingerprint density at radius 1 is 1.04 bits per heavy atom. The maximum absolute atomic E-state index is 12.6. The molecule has 0 unspecified atom stereocenters. The van der Waals surface area contributed by atoms with Crippen LogP contribution in [0.15, 0.2) is 24.3 Å². The summed E-state index contributed by atoms with van der Waals surface area (Å²) in [6.45, 7) is 5.07. The van der Waals surface area contributed by atoms with E-state index in [4.69, 9.17) is 0 Å². The van der Waals surface area contributed by atoms with Crippen molar-refractivity contribution in [3.8, 4) is 0 Å². The highest BCUT2D eigenvalue weighted by Gasteiger charge is 2.31. The first-order valence-corrected chi connectivity index (χ1v) is 10.1. The predicted octanol–water partition coefficient (Wildman–Crippen LogP) is 1.33. The molecule has 2 aliphatic heterocycles. The first-order chi connectivity index (χ1) is 11.0. The molecule has 0 saturated carbocycles. The number of piperazine rings is 1. The van der Waals surface area contributed by atoms with Crippen LogP contribution in [0.2, 0.25) is 0 Å². The number of hydrogen-bond acceptors (Lipinski definition) is 4. The Bertz CT molecular complexity index is 665. The summed E-state index contributed by atoms with van der Waals surface area (Å²) in [4.78, 5) is 16.9. The third-order valence-corrected chi connectivity index (χ3v) is 6.73. The van der Waals surface area contributed by atoms with Crippen LogP contribution >= 0.6 is 0 Å². The maximum Gasteiger partial charge on any atom is 0.254 e. The van der Waals surface area contributed by atoms with Gasteiger partial charge in [0, 0.05) is 37.8 Å². The van der Waals surface area contributed by atoms with Crippen LogP contribution in [0.25, 0.3) is 0 Å². The molecule has 23 heavy (non-hydrogen) atoms. The number of aryl methyl sites for hydroxylation is 1. The zero-order chi connectivity index (χ0) is 16.4. The molecule has 2 aliphatic rings. The molecule has 0 bridgehead atoms. The van der Waals surface area contributed by atoms with E-state index in [2.05, 4.69) is 4.90 Å². The van der Waals surface area contributed by atoms with Gasteiger partial charge in [-0.2, -0.15) is 0 Å². The fraction of sp³-hybridized carbons (Fsp3) is 0.588. The SMILES string of the molecule is Cc1ccccc1C(=O)N1CCN(C2CCS(=O)(=O)CC2)CC1. The number of rotatable bonds is 2. The highest BCUT2D eigenvalue weighted by Crippen LogP contribution is 2.20.